The van der Waals surface area contributed by atoms with Gasteiger partial charge in [0, 0.05) is 17.5 Å². The lowest BCUT2D eigenvalue weighted by molar-refractivity contribution is 0.955. The van der Waals surface area contributed by atoms with Crippen molar-refractivity contribution < 1.29 is 0 Å². The molecular formula is C16H13N3S. The number of thioether (sulfide) groups is 1. The topological polar surface area (TPSA) is 41.6 Å². The summed E-state index contributed by atoms with van der Waals surface area (Å²) in [6.45, 7) is 0. The van der Waals surface area contributed by atoms with Gasteiger partial charge in [-0.25, -0.2) is 4.98 Å². The van der Waals surface area contributed by atoms with E-state index in [1.54, 1.807) is 11.8 Å². The van der Waals surface area contributed by atoms with Gasteiger partial charge in [-0.3, -0.25) is 0 Å². The molecule has 2 aromatic carbocycles. The van der Waals surface area contributed by atoms with E-state index in [0.717, 1.165) is 22.4 Å². The van der Waals surface area contributed by atoms with Crippen molar-refractivity contribution >= 4 is 22.8 Å². The normalized spacial score (nSPS) is 10.7. The van der Waals surface area contributed by atoms with Crippen LogP contribution in [0.1, 0.15) is 5.56 Å². The van der Waals surface area contributed by atoms with Gasteiger partial charge in [0.25, 0.3) is 0 Å². The molecule has 1 aromatic heterocycles. The molecule has 0 saturated heterocycles. The summed E-state index contributed by atoms with van der Waals surface area (Å²) in [6, 6.07) is 16.0. The van der Waals surface area contributed by atoms with Crippen LogP contribution in [0.25, 0.3) is 22.4 Å². The molecule has 0 saturated carbocycles. The highest BCUT2D eigenvalue weighted by atomic mass is 32.2. The Morgan fingerprint density at radius 2 is 2.00 bits per heavy atom. The highest BCUT2D eigenvalue weighted by Crippen LogP contribution is 2.31. The summed E-state index contributed by atoms with van der Waals surface area (Å²) in [5.41, 5.74) is 3.66. The van der Waals surface area contributed by atoms with Crippen molar-refractivity contribution in [1.29, 1.82) is 5.26 Å². The molecule has 98 valence electrons. The first-order valence-electron chi connectivity index (χ1n) is 6.24. The van der Waals surface area contributed by atoms with Crippen molar-refractivity contribution in [3.05, 3.63) is 48.0 Å². The van der Waals surface area contributed by atoms with Crippen molar-refractivity contribution in [1.82, 2.24) is 9.55 Å². The maximum absolute atomic E-state index is 8.98. The molecule has 0 spiro atoms. The van der Waals surface area contributed by atoms with Gasteiger partial charge in [0.15, 0.2) is 0 Å². The third-order valence-corrected chi connectivity index (χ3v) is 4.15. The van der Waals surface area contributed by atoms with Gasteiger partial charge < -0.3 is 4.57 Å². The number of benzene rings is 2. The molecule has 0 aliphatic rings. The smallest absolute Gasteiger partial charge is 0.141 e. The lowest BCUT2D eigenvalue weighted by atomic mass is 10.2. The molecule has 0 atom stereocenters. The minimum absolute atomic E-state index is 0.639. The van der Waals surface area contributed by atoms with Crippen molar-refractivity contribution in [3.63, 3.8) is 0 Å². The van der Waals surface area contributed by atoms with Crippen LogP contribution < -0.4 is 0 Å². The van der Waals surface area contributed by atoms with Gasteiger partial charge in [-0.15, -0.1) is 11.8 Å². The molecule has 0 aliphatic heterocycles. The number of hydrogen-bond donors (Lipinski definition) is 0. The molecule has 3 aromatic rings. The number of nitriles is 1. The summed E-state index contributed by atoms with van der Waals surface area (Å²) in [4.78, 5) is 5.90. The van der Waals surface area contributed by atoms with E-state index < -0.39 is 0 Å². The zero-order valence-electron chi connectivity index (χ0n) is 11.3. The zero-order valence-corrected chi connectivity index (χ0v) is 12.1. The quantitative estimate of drug-likeness (QED) is 0.669. The second-order valence-electron chi connectivity index (χ2n) is 4.51. The zero-order chi connectivity index (χ0) is 14.1. The van der Waals surface area contributed by atoms with E-state index >= 15 is 0 Å². The van der Waals surface area contributed by atoms with Gasteiger partial charge in [-0.05, 0) is 30.5 Å². The minimum atomic E-state index is 0.639. The molecule has 0 aliphatic carbocycles. The summed E-state index contributed by atoms with van der Waals surface area (Å²) in [5.74, 6) is 0.931. The summed E-state index contributed by atoms with van der Waals surface area (Å²) in [7, 11) is 2.01. The summed E-state index contributed by atoms with van der Waals surface area (Å²) < 4.78 is 2.07. The predicted molar refractivity (Wildman–Crippen MR) is 82.6 cm³/mol. The van der Waals surface area contributed by atoms with E-state index in [-0.39, 0.29) is 0 Å². The highest BCUT2D eigenvalue weighted by molar-refractivity contribution is 7.98. The standard InChI is InChI=1S/C16H13N3S/c1-19-14-8-7-11(10-17)9-13(14)18-16(19)12-5-3-4-6-15(12)20-2/h3-9H,1-2H3. The lowest BCUT2D eigenvalue weighted by Gasteiger charge is -2.06. The molecule has 0 fully saturated rings. The molecule has 20 heavy (non-hydrogen) atoms. The molecule has 0 radical (unpaired) electrons. The summed E-state index contributed by atoms with van der Waals surface area (Å²) in [5, 5.41) is 8.98. The number of rotatable bonds is 2. The van der Waals surface area contributed by atoms with E-state index in [2.05, 4.69) is 29.0 Å². The van der Waals surface area contributed by atoms with Gasteiger partial charge >= 0.3 is 0 Å². The van der Waals surface area contributed by atoms with Crippen molar-refractivity contribution in [2.24, 2.45) is 7.05 Å². The number of fused-ring (bicyclic) bond motifs is 1. The SMILES string of the molecule is CSc1ccccc1-c1nc2cc(C#N)ccc2n1C. The Labute approximate surface area is 121 Å². The summed E-state index contributed by atoms with van der Waals surface area (Å²) in [6.07, 6.45) is 2.06. The van der Waals surface area contributed by atoms with E-state index in [0.29, 0.717) is 5.56 Å². The van der Waals surface area contributed by atoms with Crippen LogP contribution in [0, 0.1) is 11.3 Å². The maximum Gasteiger partial charge on any atom is 0.141 e. The fourth-order valence-corrected chi connectivity index (χ4v) is 2.93. The Balaban J connectivity index is 2.27. The van der Waals surface area contributed by atoms with E-state index in [4.69, 9.17) is 10.2 Å². The highest BCUT2D eigenvalue weighted by Gasteiger charge is 2.13. The monoisotopic (exact) mass is 279 g/mol. The van der Waals surface area contributed by atoms with Crippen LogP contribution in [0.5, 0.6) is 0 Å². The van der Waals surface area contributed by atoms with Crippen molar-refractivity contribution in [2.75, 3.05) is 6.26 Å². The van der Waals surface area contributed by atoms with Gasteiger partial charge in [-0.1, -0.05) is 18.2 Å². The molecular weight excluding hydrogens is 266 g/mol. The minimum Gasteiger partial charge on any atom is -0.327 e. The summed E-state index contributed by atoms with van der Waals surface area (Å²) >= 11 is 1.71. The molecule has 0 N–H and O–H groups in total. The average molecular weight is 279 g/mol. The van der Waals surface area contributed by atoms with Gasteiger partial charge in [0.2, 0.25) is 0 Å². The number of hydrogen-bond acceptors (Lipinski definition) is 3. The molecule has 3 nitrogen and oxygen atoms in total. The van der Waals surface area contributed by atoms with Crippen LogP contribution in [-0.2, 0) is 7.05 Å². The van der Waals surface area contributed by atoms with Crippen LogP contribution in [0.3, 0.4) is 0 Å². The Morgan fingerprint density at radius 3 is 2.75 bits per heavy atom. The largest absolute Gasteiger partial charge is 0.327 e. The fourth-order valence-electron chi connectivity index (χ4n) is 2.34. The number of nitrogens with zero attached hydrogens (tertiary/aromatic N) is 3. The second kappa shape index (κ2) is 5.03. The second-order valence-corrected chi connectivity index (χ2v) is 5.36. The fraction of sp³-hybridized carbons (Fsp3) is 0.125. The van der Waals surface area contributed by atoms with Crippen LogP contribution in [-0.4, -0.2) is 15.8 Å². The van der Waals surface area contributed by atoms with Crippen molar-refractivity contribution in [3.8, 4) is 17.5 Å². The first-order valence-corrected chi connectivity index (χ1v) is 7.47. The number of aryl methyl sites for hydroxylation is 1. The van der Waals surface area contributed by atoms with Crippen LogP contribution in [0.2, 0.25) is 0 Å². The van der Waals surface area contributed by atoms with Gasteiger partial charge in [-0.2, -0.15) is 5.26 Å². The number of aromatic nitrogens is 2. The predicted octanol–water partition coefficient (Wildman–Crippen LogP) is 3.83. The Hall–Kier alpha value is -2.25. The van der Waals surface area contributed by atoms with Gasteiger partial charge in [0.05, 0.1) is 22.7 Å². The van der Waals surface area contributed by atoms with E-state index in [1.165, 1.54) is 4.90 Å². The Morgan fingerprint density at radius 1 is 1.20 bits per heavy atom. The Kier molecular flexibility index (Phi) is 3.21. The first-order chi connectivity index (χ1) is 9.74. The molecule has 3 rings (SSSR count). The van der Waals surface area contributed by atoms with E-state index in [9.17, 15) is 0 Å². The third-order valence-electron chi connectivity index (χ3n) is 3.36. The molecule has 1 heterocycles. The third kappa shape index (κ3) is 1.97. The maximum atomic E-state index is 8.98. The van der Waals surface area contributed by atoms with Crippen LogP contribution in [0.15, 0.2) is 47.4 Å². The molecule has 4 heteroatoms. The molecule has 0 bridgehead atoms. The average Bonchev–Trinajstić information content (AvgIpc) is 2.83. The van der Waals surface area contributed by atoms with Crippen molar-refractivity contribution in [2.45, 2.75) is 4.90 Å². The van der Waals surface area contributed by atoms with Crippen LogP contribution in [0.4, 0.5) is 0 Å². The van der Waals surface area contributed by atoms with E-state index in [1.807, 2.05) is 37.4 Å². The van der Waals surface area contributed by atoms with Gasteiger partial charge in [0.1, 0.15) is 5.82 Å². The van der Waals surface area contributed by atoms with Crippen LogP contribution >= 0.6 is 11.8 Å². The number of imidazole rings is 1. The molecule has 0 unspecified atom stereocenters. The first kappa shape index (κ1) is 12.8. The Bertz CT molecular complexity index is 827. The molecule has 0 amide bonds. The lowest BCUT2D eigenvalue weighted by Crippen LogP contribution is -1.93.